The van der Waals surface area contributed by atoms with E-state index in [0.717, 1.165) is 25.8 Å². The Morgan fingerprint density at radius 3 is 2.43 bits per heavy atom. The molecule has 1 N–H and O–H groups in total. The Bertz CT molecular complexity index is 556. The van der Waals surface area contributed by atoms with Crippen molar-refractivity contribution in [3.05, 3.63) is 30.1 Å². The first-order valence-corrected chi connectivity index (χ1v) is 9.26. The Hall–Kier alpha value is -0.940. The zero-order chi connectivity index (χ0) is 15.5. The molecule has 1 aliphatic rings. The topological polar surface area (TPSA) is 46.2 Å². The summed E-state index contributed by atoms with van der Waals surface area (Å²) in [6.45, 7) is 4.87. The minimum absolute atomic E-state index is 0.00662. The molecule has 118 valence electrons. The van der Waals surface area contributed by atoms with E-state index < -0.39 is 20.9 Å². The number of rotatable bonds is 5. The fraction of sp³-hybridized carbons (Fsp3) is 0.625. The van der Waals surface area contributed by atoms with Gasteiger partial charge in [0.25, 0.3) is 0 Å². The molecule has 0 heterocycles. The number of benzene rings is 1. The maximum atomic E-state index is 13.0. The lowest BCUT2D eigenvalue weighted by molar-refractivity contribution is 0.290. The van der Waals surface area contributed by atoms with E-state index in [0.29, 0.717) is 12.3 Å². The van der Waals surface area contributed by atoms with Crippen molar-refractivity contribution in [3.63, 3.8) is 0 Å². The molecule has 1 aromatic rings. The van der Waals surface area contributed by atoms with Crippen LogP contribution in [0.15, 0.2) is 29.2 Å². The highest BCUT2D eigenvalue weighted by atomic mass is 32.2. The molecule has 1 aliphatic carbocycles. The van der Waals surface area contributed by atoms with Crippen LogP contribution in [0.25, 0.3) is 0 Å². The monoisotopic (exact) mass is 313 g/mol. The van der Waals surface area contributed by atoms with Crippen LogP contribution in [0.5, 0.6) is 0 Å². The molecule has 1 aromatic carbocycles. The van der Waals surface area contributed by atoms with Crippen LogP contribution < -0.4 is 5.32 Å². The quantitative estimate of drug-likeness (QED) is 0.849. The number of hydrogen-bond acceptors (Lipinski definition) is 3. The molecule has 3 unspecified atom stereocenters. The van der Waals surface area contributed by atoms with Gasteiger partial charge in [0.15, 0.2) is 9.84 Å². The van der Waals surface area contributed by atoms with E-state index in [1.54, 1.807) is 0 Å². The van der Waals surface area contributed by atoms with Crippen LogP contribution in [0.3, 0.4) is 0 Å². The third-order valence-corrected chi connectivity index (χ3v) is 6.73. The van der Waals surface area contributed by atoms with Crippen molar-refractivity contribution in [2.75, 3.05) is 6.54 Å². The molecule has 1 fully saturated rings. The van der Waals surface area contributed by atoms with Gasteiger partial charge in [-0.3, -0.25) is 0 Å². The second-order valence-electron chi connectivity index (χ2n) is 5.79. The first-order valence-electron chi connectivity index (χ1n) is 7.71. The summed E-state index contributed by atoms with van der Waals surface area (Å²) < 4.78 is 38.8. The lowest BCUT2D eigenvalue weighted by Crippen LogP contribution is -2.48. The fourth-order valence-corrected chi connectivity index (χ4v) is 5.28. The predicted octanol–water partition coefficient (Wildman–Crippen LogP) is 3.16. The fourth-order valence-electron chi connectivity index (χ4n) is 3.22. The second kappa shape index (κ2) is 6.88. The molecule has 0 aliphatic heterocycles. The molecule has 2 rings (SSSR count). The highest BCUT2D eigenvalue weighted by Gasteiger charge is 2.38. The minimum atomic E-state index is -3.42. The lowest BCUT2D eigenvalue weighted by Gasteiger charge is -2.36. The van der Waals surface area contributed by atoms with Crippen LogP contribution in [0.2, 0.25) is 0 Å². The largest absolute Gasteiger partial charge is 0.313 e. The summed E-state index contributed by atoms with van der Waals surface area (Å²) in [4.78, 5) is 0.230. The Balaban J connectivity index is 2.31. The zero-order valence-corrected chi connectivity index (χ0v) is 13.5. The molecule has 21 heavy (non-hydrogen) atoms. The van der Waals surface area contributed by atoms with Crippen molar-refractivity contribution < 1.29 is 12.8 Å². The van der Waals surface area contributed by atoms with Gasteiger partial charge in [-0.15, -0.1) is 0 Å². The Morgan fingerprint density at radius 1 is 1.19 bits per heavy atom. The van der Waals surface area contributed by atoms with Gasteiger partial charge in [-0.05, 0) is 56.0 Å². The normalized spacial score (nSPS) is 26.7. The van der Waals surface area contributed by atoms with Gasteiger partial charge in [0.05, 0.1) is 10.1 Å². The summed E-state index contributed by atoms with van der Waals surface area (Å²) in [5.74, 6) is 0.0485. The summed E-state index contributed by atoms with van der Waals surface area (Å²) in [6, 6.07) is 5.18. The van der Waals surface area contributed by atoms with E-state index in [9.17, 15) is 12.8 Å². The van der Waals surface area contributed by atoms with Crippen molar-refractivity contribution in [3.8, 4) is 0 Å². The smallest absolute Gasteiger partial charge is 0.182 e. The predicted molar refractivity (Wildman–Crippen MR) is 82.5 cm³/mol. The van der Waals surface area contributed by atoms with Gasteiger partial charge in [0.1, 0.15) is 5.82 Å². The van der Waals surface area contributed by atoms with Crippen LogP contribution in [0, 0.1) is 11.7 Å². The Kier molecular flexibility index (Phi) is 5.38. The first-order chi connectivity index (χ1) is 9.98. The van der Waals surface area contributed by atoms with Gasteiger partial charge >= 0.3 is 0 Å². The van der Waals surface area contributed by atoms with Crippen LogP contribution in [0.1, 0.15) is 39.5 Å². The van der Waals surface area contributed by atoms with Crippen LogP contribution in [-0.4, -0.2) is 26.3 Å². The molecular weight excluding hydrogens is 289 g/mol. The summed E-state index contributed by atoms with van der Waals surface area (Å²) >= 11 is 0. The molecule has 0 radical (unpaired) electrons. The Labute approximate surface area is 126 Å². The van der Waals surface area contributed by atoms with E-state index in [1.165, 1.54) is 24.3 Å². The highest BCUT2D eigenvalue weighted by Crippen LogP contribution is 2.34. The van der Waals surface area contributed by atoms with Crippen molar-refractivity contribution in [2.45, 2.75) is 55.7 Å². The van der Waals surface area contributed by atoms with Crippen molar-refractivity contribution in [1.82, 2.24) is 5.32 Å². The number of nitrogens with one attached hydrogen (secondary N) is 1. The minimum Gasteiger partial charge on any atom is -0.313 e. The molecule has 5 heteroatoms. The number of halogens is 1. The molecule has 1 saturated carbocycles. The van der Waals surface area contributed by atoms with Crippen LogP contribution >= 0.6 is 0 Å². The standard InChI is InChI=1S/C16H24FNO2S/c1-3-12-5-10-15(18-4-2)16(11-12)21(19,20)14-8-6-13(17)7-9-14/h6-9,12,15-16,18H,3-5,10-11H2,1-2H3. The molecule has 0 bridgehead atoms. The highest BCUT2D eigenvalue weighted by molar-refractivity contribution is 7.92. The van der Waals surface area contributed by atoms with E-state index in [4.69, 9.17) is 0 Å². The molecule has 3 nitrogen and oxygen atoms in total. The maximum absolute atomic E-state index is 13.0. The average molecular weight is 313 g/mol. The number of hydrogen-bond donors (Lipinski definition) is 1. The molecule has 0 amide bonds. The van der Waals surface area contributed by atoms with Crippen molar-refractivity contribution >= 4 is 9.84 Å². The summed E-state index contributed by atoms with van der Waals surface area (Å²) in [5.41, 5.74) is 0. The lowest BCUT2D eigenvalue weighted by atomic mass is 9.84. The molecule has 3 atom stereocenters. The molecular formula is C16H24FNO2S. The zero-order valence-electron chi connectivity index (χ0n) is 12.7. The number of sulfone groups is 1. The maximum Gasteiger partial charge on any atom is 0.182 e. The van der Waals surface area contributed by atoms with E-state index >= 15 is 0 Å². The van der Waals surface area contributed by atoms with Gasteiger partial charge < -0.3 is 5.32 Å². The summed E-state index contributed by atoms with van der Waals surface area (Å²) in [7, 11) is -3.42. The van der Waals surface area contributed by atoms with Crippen LogP contribution in [0.4, 0.5) is 4.39 Å². The van der Waals surface area contributed by atoms with Crippen LogP contribution in [-0.2, 0) is 9.84 Å². The van der Waals surface area contributed by atoms with Gasteiger partial charge in [-0.1, -0.05) is 20.3 Å². The summed E-state index contributed by atoms with van der Waals surface area (Å²) in [5, 5.41) is 2.90. The van der Waals surface area contributed by atoms with Gasteiger partial charge in [0, 0.05) is 6.04 Å². The van der Waals surface area contributed by atoms with Gasteiger partial charge in [0.2, 0.25) is 0 Å². The summed E-state index contributed by atoms with van der Waals surface area (Å²) in [6.07, 6.45) is 3.66. The van der Waals surface area contributed by atoms with Gasteiger partial charge in [-0.2, -0.15) is 0 Å². The average Bonchev–Trinajstić information content (AvgIpc) is 2.48. The van der Waals surface area contributed by atoms with Crippen molar-refractivity contribution in [1.29, 1.82) is 0 Å². The SMILES string of the molecule is CCNC1CCC(CC)CC1S(=O)(=O)c1ccc(F)cc1. The molecule has 0 saturated heterocycles. The van der Waals surface area contributed by atoms with E-state index in [1.807, 2.05) is 6.92 Å². The third-order valence-electron chi connectivity index (χ3n) is 4.48. The first kappa shape index (κ1) is 16.4. The molecule has 0 spiro atoms. The second-order valence-corrected chi connectivity index (χ2v) is 7.96. The molecule has 0 aromatic heterocycles. The van der Waals surface area contributed by atoms with Crippen molar-refractivity contribution in [2.24, 2.45) is 5.92 Å². The third kappa shape index (κ3) is 3.64. The van der Waals surface area contributed by atoms with E-state index in [-0.39, 0.29) is 10.9 Å². The van der Waals surface area contributed by atoms with Gasteiger partial charge in [-0.25, -0.2) is 12.8 Å². The Morgan fingerprint density at radius 2 is 1.86 bits per heavy atom. The van der Waals surface area contributed by atoms with E-state index in [2.05, 4.69) is 12.2 Å².